The third-order valence-corrected chi connectivity index (χ3v) is 6.13. The van der Waals surface area contributed by atoms with Crippen molar-refractivity contribution in [1.29, 1.82) is 0 Å². The number of nitrogens with zero attached hydrogens (tertiary/aromatic N) is 3. The highest BCUT2D eigenvalue weighted by Crippen LogP contribution is 2.58. The number of rotatable bonds is 5. The number of nitro groups is 1. The Morgan fingerprint density at radius 1 is 1.09 bits per heavy atom. The van der Waals surface area contributed by atoms with Crippen LogP contribution in [0.1, 0.15) is 44.1 Å². The minimum atomic E-state index is -0.404. The van der Waals surface area contributed by atoms with Crippen molar-refractivity contribution in [3.63, 3.8) is 0 Å². The Labute approximate surface area is 135 Å². The maximum absolute atomic E-state index is 11.6. The van der Waals surface area contributed by atoms with Gasteiger partial charge in [-0.2, -0.15) is 0 Å². The van der Waals surface area contributed by atoms with Crippen LogP contribution in [0.15, 0.2) is 29.6 Å². The first-order chi connectivity index (χ1) is 11.1. The lowest BCUT2D eigenvalue weighted by molar-refractivity contribution is -0.384. The van der Waals surface area contributed by atoms with Crippen molar-refractivity contribution in [1.82, 2.24) is 5.01 Å². The summed E-state index contributed by atoms with van der Waals surface area (Å²) in [5, 5.41) is 15.9. The predicted octanol–water partition coefficient (Wildman–Crippen LogP) is 4.05. The van der Waals surface area contributed by atoms with E-state index < -0.39 is 4.92 Å². The second kappa shape index (κ2) is 5.28. The van der Waals surface area contributed by atoms with E-state index in [1.54, 1.807) is 17.1 Å². The molecule has 4 fully saturated rings. The number of nitro benzene ring substituents is 1. The van der Waals surface area contributed by atoms with Gasteiger partial charge in [0.2, 0.25) is 0 Å². The highest BCUT2D eigenvalue weighted by molar-refractivity contribution is 5.33. The monoisotopic (exact) mass is 315 g/mol. The van der Waals surface area contributed by atoms with Crippen LogP contribution in [-0.4, -0.2) is 15.5 Å². The smallest absolute Gasteiger partial charge is 0.258 e. The molecule has 0 heterocycles. The van der Waals surface area contributed by atoms with E-state index in [1.165, 1.54) is 31.4 Å². The molecule has 0 radical (unpaired) electrons. The zero-order valence-corrected chi connectivity index (χ0v) is 13.1. The van der Waals surface area contributed by atoms with E-state index in [-0.39, 0.29) is 11.2 Å². The van der Waals surface area contributed by atoms with Crippen molar-refractivity contribution in [2.24, 2.45) is 23.0 Å². The predicted molar refractivity (Wildman–Crippen MR) is 85.3 cm³/mol. The van der Waals surface area contributed by atoms with E-state index >= 15 is 0 Å². The van der Waals surface area contributed by atoms with Crippen LogP contribution < -0.4 is 0 Å². The largest absolute Gasteiger partial charge is 0.269 e. The second-order valence-corrected chi connectivity index (χ2v) is 7.70. The van der Waals surface area contributed by atoms with Crippen molar-refractivity contribution in [2.45, 2.75) is 50.6 Å². The summed E-state index contributed by atoms with van der Waals surface area (Å²) >= 11 is 0. The molecule has 4 aliphatic carbocycles. The molecule has 122 valence electrons. The molecule has 4 saturated carbocycles. The summed E-state index contributed by atoms with van der Waals surface area (Å²) < 4.78 is 0. The normalized spacial score (nSPS) is 34.3. The van der Waals surface area contributed by atoms with Crippen molar-refractivity contribution in [3.8, 4) is 0 Å². The van der Waals surface area contributed by atoms with Gasteiger partial charge in [0, 0.05) is 12.1 Å². The number of hydrogen-bond donors (Lipinski definition) is 0. The molecule has 6 nitrogen and oxygen atoms in total. The second-order valence-electron chi connectivity index (χ2n) is 7.70. The zero-order valence-electron chi connectivity index (χ0n) is 13.1. The summed E-state index contributed by atoms with van der Waals surface area (Å²) in [4.78, 5) is 21.9. The van der Waals surface area contributed by atoms with Gasteiger partial charge >= 0.3 is 0 Å². The molecule has 4 aliphatic rings. The molecule has 5 rings (SSSR count). The molecule has 1 aromatic rings. The van der Waals surface area contributed by atoms with Gasteiger partial charge in [-0.05, 0) is 61.8 Å². The average molecular weight is 315 g/mol. The van der Waals surface area contributed by atoms with Gasteiger partial charge in [0.05, 0.1) is 22.3 Å². The molecule has 4 bridgehead atoms. The van der Waals surface area contributed by atoms with Crippen LogP contribution in [0, 0.1) is 32.8 Å². The maximum atomic E-state index is 11.6. The van der Waals surface area contributed by atoms with Crippen molar-refractivity contribution in [3.05, 3.63) is 44.9 Å². The first-order valence-corrected chi connectivity index (χ1v) is 8.42. The van der Waals surface area contributed by atoms with Gasteiger partial charge in [0.1, 0.15) is 0 Å². The van der Waals surface area contributed by atoms with Gasteiger partial charge in [-0.1, -0.05) is 12.1 Å². The highest BCUT2D eigenvalue weighted by atomic mass is 16.6. The van der Waals surface area contributed by atoms with Gasteiger partial charge in [-0.3, -0.25) is 15.1 Å². The average Bonchev–Trinajstić information content (AvgIpc) is 2.51. The fraction of sp³-hybridized carbons (Fsp3) is 0.647. The van der Waals surface area contributed by atoms with E-state index in [9.17, 15) is 15.0 Å². The molecule has 0 N–H and O–H groups in total. The van der Waals surface area contributed by atoms with Crippen molar-refractivity contribution >= 4 is 5.69 Å². The molecule has 0 amide bonds. The van der Waals surface area contributed by atoms with E-state index in [4.69, 9.17) is 0 Å². The van der Waals surface area contributed by atoms with Gasteiger partial charge in [0.25, 0.3) is 5.69 Å². The zero-order chi connectivity index (χ0) is 16.0. The van der Waals surface area contributed by atoms with Crippen LogP contribution in [-0.2, 0) is 6.54 Å². The Kier molecular flexibility index (Phi) is 3.36. The standard InChI is InChI=1S/C17H21N3O3/c21-18-19(11-12-1-3-16(4-2-12)20(22)23)17-8-13-5-14(9-17)7-15(6-13)10-17/h1-4,13-15H,5-11H2. The molecular weight excluding hydrogens is 294 g/mol. The first-order valence-electron chi connectivity index (χ1n) is 8.42. The third-order valence-electron chi connectivity index (χ3n) is 6.13. The fourth-order valence-corrected chi connectivity index (χ4v) is 5.56. The van der Waals surface area contributed by atoms with Gasteiger partial charge < -0.3 is 0 Å². The minimum Gasteiger partial charge on any atom is -0.258 e. The SMILES string of the molecule is O=NN(Cc1ccc([N+](=O)[O-])cc1)C12CC3CC(CC(C3)C1)C2. The quantitative estimate of drug-likeness (QED) is 0.466. The Morgan fingerprint density at radius 2 is 1.61 bits per heavy atom. The summed E-state index contributed by atoms with van der Waals surface area (Å²) in [7, 11) is 0. The molecule has 0 saturated heterocycles. The molecule has 0 aliphatic heterocycles. The van der Waals surface area contributed by atoms with Crippen LogP contribution in [0.2, 0.25) is 0 Å². The third kappa shape index (κ3) is 2.50. The van der Waals surface area contributed by atoms with E-state index in [2.05, 4.69) is 5.29 Å². The molecule has 1 aromatic carbocycles. The fourth-order valence-electron chi connectivity index (χ4n) is 5.56. The summed E-state index contributed by atoms with van der Waals surface area (Å²) in [6.07, 6.45) is 7.21. The van der Waals surface area contributed by atoms with Gasteiger partial charge in [0.15, 0.2) is 0 Å². The number of hydrogen-bond acceptors (Lipinski definition) is 4. The van der Waals surface area contributed by atoms with E-state index in [0.29, 0.717) is 6.54 Å². The number of nitroso groups, excluding NO2 is 1. The molecule has 0 atom stereocenters. The molecule has 6 heteroatoms. The topological polar surface area (TPSA) is 75.8 Å². The van der Waals surface area contributed by atoms with Crippen LogP contribution in [0.5, 0.6) is 0 Å². The summed E-state index contributed by atoms with van der Waals surface area (Å²) in [5.74, 6) is 2.26. The van der Waals surface area contributed by atoms with E-state index in [0.717, 1.165) is 42.6 Å². The van der Waals surface area contributed by atoms with Gasteiger partial charge in [-0.15, -0.1) is 4.91 Å². The number of benzene rings is 1. The Morgan fingerprint density at radius 3 is 2.04 bits per heavy atom. The minimum absolute atomic E-state index is 0.0712. The molecule has 23 heavy (non-hydrogen) atoms. The summed E-state index contributed by atoms with van der Waals surface area (Å²) in [5.41, 5.74) is 0.915. The highest BCUT2D eigenvalue weighted by Gasteiger charge is 2.54. The van der Waals surface area contributed by atoms with Crippen LogP contribution in [0.4, 0.5) is 5.69 Å². The van der Waals surface area contributed by atoms with Crippen molar-refractivity contribution in [2.75, 3.05) is 0 Å². The Balaban J connectivity index is 1.54. The van der Waals surface area contributed by atoms with Crippen molar-refractivity contribution < 1.29 is 4.92 Å². The molecular formula is C17H21N3O3. The molecule has 0 aromatic heterocycles. The maximum Gasteiger partial charge on any atom is 0.269 e. The van der Waals surface area contributed by atoms with Gasteiger partial charge in [-0.25, -0.2) is 0 Å². The van der Waals surface area contributed by atoms with E-state index in [1.807, 2.05) is 0 Å². The lowest BCUT2D eigenvalue weighted by atomic mass is 9.52. The Hall–Kier alpha value is -1.98. The molecule has 0 unspecified atom stereocenters. The summed E-state index contributed by atoms with van der Waals surface area (Å²) in [6.45, 7) is 0.452. The van der Waals surface area contributed by atoms with Crippen LogP contribution >= 0.6 is 0 Å². The first kappa shape index (κ1) is 14.6. The van der Waals surface area contributed by atoms with Crippen LogP contribution in [0.3, 0.4) is 0 Å². The lowest BCUT2D eigenvalue weighted by Gasteiger charge is -2.58. The summed E-state index contributed by atoms with van der Waals surface area (Å²) in [6, 6.07) is 6.46. The number of non-ortho nitro benzene ring substituents is 1. The van der Waals surface area contributed by atoms with Crippen LogP contribution in [0.25, 0.3) is 0 Å². The molecule has 0 spiro atoms. The Bertz CT molecular complexity index is 593. The lowest BCUT2D eigenvalue weighted by Crippen LogP contribution is -2.58.